The molecule has 0 atom stereocenters. The number of para-hydroxylation sites is 1. The quantitative estimate of drug-likeness (QED) is 0.658. The number of halogens is 1. The molecule has 0 unspecified atom stereocenters. The largest absolute Gasteiger partial charge is 0.396 e. The van der Waals surface area contributed by atoms with E-state index in [4.69, 9.17) is 23.1 Å². The first kappa shape index (κ1) is 10.7. The predicted molar refractivity (Wildman–Crippen MR) is 58.2 cm³/mol. The Hall–Kier alpha value is -1.42. The van der Waals surface area contributed by atoms with Crippen LogP contribution in [0, 0.1) is 0 Å². The van der Waals surface area contributed by atoms with Crippen molar-refractivity contribution in [2.45, 2.75) is 6.42 Å². The molecule has 5 N–H and O–H groups in total. The van der Waals surface area contributed by atoms with Gasteiger partial charge in [-0.1, -0.05) is 17.7 Å². The van der Waals surface area contributed by atoms with Gasteiger partial charge in [0.25, 0.3) is 0 Å². The Morgan fingerprint density at radius 1 is 1.50 bits per heavy atom. The molecule has 0 aromatic heterocycles. The average molecular weight is 214 g/mol. The van der Waals surface area contributed by atoms with Crippen LogP contribution in [-0.4, -0.2) is 12.5 Å². The number of nitrogens with two attached hydrogens (primary N) is 2. The molecule has 0 saturated heterocycles. The van der Waals surface area contributed by atoms with Crippen LogP contribution in [0.25, 0.3) is 0 Å². The molecular formula is C9H12ClN3O. The maximum Gasteiger partial charge on any atom is 0.219 e. The molecule has 0 bridgehead atoms. The molecule has 76 valence electrons. The van der Waals surface area contributed by atoms with Crippen LogP contribution in [0.1, 0.15) is 6.42 Å². The summed E-state index contributed by atoms with van der Waals surface area (Å²) in [4.78, 5) is 10.5. The second kappa shape index (κ2) is 4.72. The number of carbonyl (C=O) groups excluding carboxylic acids is 1. The smallest absolute Gasteiger partial charge is 0.219 e. The van der Waals surface area contributed by atoms with Crippen molar-refractivity contribution in [3.05, 3.63) is 23.2 Å². The van der Waals surface area contributed by atoms with Gasteiger partial charge < -0.3 is 16.8 Å². The van der Waals surface area contributed by atoms with Crippen LogP contribution in [0.3, 0.4) is 0 Å². The number of rotatable bonds is 4. The first-order valence-corrected chi connectivity index (χ1v) is 4.55. The van der Waals surface area contributed by atoms with Crippen LogP contribution >= 0.6 is 11.6 Å². The monoisotopic (exact) mass is 213 g/mol. The van der Waals surface area contributed by atoms with Crippen molar-refractivity contribution in [3.8, 4) is 0 Å². The van der Waals surface area contributed by atoms with Gasteiger partial charge in [-0.3, -0.25) is 4.79 Å². The third kappa shape index (κ3) is 2.81. The van der Waals surface area contributed by atoms with Crippen molar-refractivity contribution >= 4 is 28.9 Å². The lowest BCUT2D eigenvalue weighted by Gasteiger charge is -2.08. The van der Waals surface area contributed by atoms with Crippen LogP contribution in [0.2, 0.25) is 5.02 Å². The standard InChI is InChI=1S/C9H12ClN3O/c10-6-2-1-3-7(9(6)12)13-5-4-8(11)14/h1-3,13H,4-5,12H2,(H2,11,14). The van der Waals surface area contributed by atoms with E-state index in [-0.39, 0.29) is 12.3 Å². The minimum Gasteiger partial charge on any atom is -0.396 e. The molecule has 1 amide bonds. The minimum atomic E-state index is -0.349. The summed E-state index contributed by atoms with van der Waals surface area (Å²) in [6, 6.07) is 5.28. The van der Waals surface area contributed by atoms with Crippen molar-refractivity contribution in [1.29, 1.82) is 0 Å². The number of hydrogen-bond acceptors (Lipinski definition) is 3. The van der Waals surface area contributed by atoms with Crippen molar-refractivity contribution in [2.75, 3.05) is 17.6 Å². The maximum absolute atomic E-state index is 10.5. The molecule has 4 nitrogen and oxygen atoms in total. The van der Waals surface area contributed by atoms with Gasteiger partial charge in [0.05, 0.1) is 16.4 Å². The minimum absolute atomic E-state index is 0.270. The highest BCUT2D eigenvalue weighted by molar-refractivity contribution is 6.33. The van der Waals surface area contributed by atoms with E-state index in [0.29, 0.717) is 17.3 Å². The second-order valence-electron chi connectivity index (χ2n) is 2.84. The summed E-state index contributed by atoms with van der Waals surface area (Å²) in [6.07, 6.45) is 0.270. The number of nitrogens with one attached hydrogen (secondary N) is 1. The summed E-state index contributed by atoms with van der Waals surface area (Å²) in [5.41, 5.74) is 11.9. The Kier molecular flexibility index (Phi) is 3.59. The van der Waals surface area contributed by atoms with Gasteiger partial charge in [-0.05, 0) is 12.1 Å². The number of amides is 1. The van der Waals surface area contributed by atoms with E-state index in [1.54, 1.807) is 18.2 Å². The predicted octanol–water partition coefficient (Wildman–Crippen LogP) is 1.21. The van der Waals surface area contributed by atoms with Crippen LogP contribution < -0.4 is 16.8 Å². The number of carbonyl (C=O) groups is 1. The zero-order chi connectivity index (χ0) is 10.6. The number of nitrogen functional groups attached to an aromatic ring is 1. The number of primary amides is 1. The van der Waals surface area contributed by atoms with Crippen molar-refractivity contribution in [1.82, 2.24) is 0 Å². The highest BCUT2D eigenvalue weighted by Gasteiger charge is 2.02. The molecule has 0 spiro atoms. The lowest BCUT2D eigenvalue weighted by Crippen LogP contribution is -2.16. The van der Waals surface area contributed by atoms with E-state index in [0.717, 1.165) is 5.69 Å². The summed E-state index contributed by atoms with van der Waals surface area (Å²) in [6.45, 7) is 0.458. The maximum atomic E-state index is 10.5. The van der Waals surface area contributed by atoms with Gasteiger partial charge in [-0.2, -0.15) is 0 Å². The van der Waals surface area contributed by atoms with Gasteiger partial charge in [0.2, 0.25) is 5.91 Å². The number of hydrogen-bond donors (Lipinski definition) is 3. The van der Waals surface area contributed by atoms with Gasteiger partial charge in [-0.15, -0.1) is 0 Å². The van der Waals surface area contributed by atoms with E-state index in [1.165, 1.54) is 0 Å². The van der Waals surface area contributed by atoms with E-state index in [1.807, 2.05) is 0 Å². The van der Waals surface area contributed by atoms with Crippen LogP contribution in [0.15, 0.2) is 18.2 Å². The zero-order valence-corrected chi connectivity index (χ0v) is 8.34. The van der Waals surface area contributed by atoms with Gasteiger partial charge in [0.15, 0.2) is 0 Å². The molecule has 1 rings (SSSR count). The first-order valence-electron chi connectivity index (χ1n) is 4.17. The van der Waals surface area contributed by atoms with Crippen molar-refractivity contribution in [3.63, 3.8) is 0 Å². The van der Waals surface area contributed by atoms with Gasteiger partial charge in [0.1, 0.15) is 0 Å². The van der Waals surface area contributed by atoms with E-state index in [2.05, 4.69) is 5.32 Å². The highest BCUT2D eigenvalue weighted by atomic mass is 35.5. The summed E-state index contributed by atoms with van der Waals surface area (Å²) in [5, 5.41) is 3.47. The third-order valence-electron chi connectivity index (χ3n) is 1.74. The summed E-state index contributed by atoms with van der Waals surface area (Å²) in [7, 11) is 0. The molecule has 1 aromatic rings. The van der Waals surface area contributed by atoms with Crippen LogP contribution in [0.5, 0.6) is 0 Å². The summed E-state index contributed by atoms with van der Waals surface area (Å²) in [5.74, 6) is -0.349. The average Bonchev–Trinajstić information content (AvgIpc) is 2.12. The van der Waals surface area contributed by atoms with Crippen LogP contribution in [0.4, 0.5) is 11.4 Å². The molecule has 0 aliphatic heterocycles. The topological polar surface area (TPSA) is 81.1 Å². The zero-order valence-electron chi connectivity index (χ0n) is 7.59. The molecule has 0 aliphatic carbocycles. The molecule has 5 heteroatoms. The molecule has 0 saturated carbocycles. The molecule has 0 radical (unpaired) electrons. The third-order valence-corrected chi connectivity index (χ3v) is 2.07. The van der Waals surface area contributed by atoms with Crippen LogP contribution in [-0.2, 0) is 4.79 Å². The summed E-state index contributed by atoms with van der Waals surface area (Å²) < 4.78 is 0. The molecule has 14 heavy (non-hydrogen) atoms. The lowest BCUT2D eigenvalue weighted by atomic mass is 10.2. The van der Waals surface area contributed by atoms with Crippen molar-refractivity contribution < 1.29 is 4.79 Å². The van der Waals surface area contributed by atoms with E-state index in [9.17, 15) is 4.79 Å². The Bertz CT molecular complexity index is 341. The lowest BCUT2D eigenvalue weighted by molar-refractivity contribution is -0.117. The molecule has 1 aromatic carbocycles. The van der Waals surface area contributed by atoms with Crippen molar-refractivity contribution in [2.24, 2.45) is 5.73 Å². The summed E-state index contributed by atoms with van der Waals surface area (Å²) >= 11 is 5.80. The van der Waals surface area contributed by atoms with Gasteiger partial charge in [0, 0.05) is 13.0 Å². The highest BCUT2D eigenvalue weighted by Crippen LogP contribution is 2.26. The Balaban J connectivity index is 2.59. The fourth-order valence-corrected chi connectivity index (χ4v) is 1.19. The van der Waals surface area contributed by atoms with Gasteiger partial charge in [-0.25, -0.2) is 0 Å². The Morgan fingerprint density at radius 2 is 2.21 bits per heavy atom. The Labute approximate surface area is 87.2 Å². The number of anilines is 2. The first-order chi connectivity index (χ1) is 6.61. The molecular weight excluding hydrogens is 202 g/mol. The van der Waals surface area contributed by atoms with Gasteiger partial charge >= 0.3 is 0 Å². The van der Waals surface area contributed by atoms with E-state index >= 15 is 0 Å². The fourth-order valence-electron chi connectivity index (χ4n) is 1.01. The molecule has 0 aliphatic rings. The fraction of sp³-hybridized carbons (Fsp3) is 0.222. The number of benzene rings is 1. The van der Waals surface area contributed by atoms with E-state index < -0.39 is 0 Å². The second-order valence-corrected chi connectivity index (χ2v) is 3.25. The molecule has 0 fully saturated rings. The Morgan fingerprint density at radius 3 is 2.86 bits per heavy atom. The normalized spacial score (nSPS) is 9.79. The molecule has 0 heterocycles. The SMILES string of the molecule is NC(=O)CCNc1cccc(Cl)c1N.